The number of carbonyl (C=O) groups excluding carboxylic acids is 2. The molecule has 0 bridgehead atoms. The van der Waals surface area contributed by atoms with Gasteiger partial charge in [0, 0.05) is 24.2 Å². The van der Waals surface area contributed by atoms with Crippen molar-refractivity contribution in [1.82, 2.24) is 0 Å². The van der Waals surface area contributed by atoms with Gasteiger partial charge in [-0.25, -0.2) is 0 Å². The van der Waals surface area contributed by atoms with Crippen LogP contribution in [0, 0.1) is 5.41 Å². The molecule has 3 N–H and O–H groups in total. The molecule has 0 aliphatic carbocycles. The summed E-state index contributed by atoms with van der Waals surface area (Å²) in [5.74, 6) is -0.216. The van der Waals surface area contributed by atoms with Gasteiger partial charge in [0.05, 0.1) is 5.41 Å². The molecule has 1 rings (SSSR count). The summed E-state index contributed by atoms with van der Waals surface area (Å²) in [7, 11) is 0. The molecule has 0 unspecified atom stereocenters. The van der Waals surface area contributed by atoms with E-state index in [4.69, 9.17) is 5.73 Å². The molecule has 0 aliphatic heterocycles. The van der Waals surface area contributed by atoms with E-state index in [-0.39, 0.29) is 11.7 Å². The molecule has 1 aromatic rings. The number of ketones is 1. The molecule has 0 fully saturated rings. The van der Waals surface area contributed by atoms with Crippen molar-refractivity contribution in [2.24, 2.45) is 11.1 Å². The number of hydrogen-bond donors (Lipinski definition) is 2. The zero-order valence-corrected chi connectivity index (χ0v) is 11.1. The fourth-order valence-corrected chi connectivity index (χ4v) is 1.39. The van der Waals surface area contributed by atoms with E-state index < -0.39 is 5.41 Å². The van der Waals surface area contributed by atoms with Gasteiger partial charge in [0.1, 0.15) is 0 Å². The minimum absolute atomic E-state index is 0.124. The third kappa shape index (κ3) is 3.58. The predicted octanol–water partition coefficient (Wildman–Crippen LogP) is 2.20. The van der Waals surface area contributed by atoms with Crippen molar-refractivity contribution in [3.63, 3.8) is 0 Å². The Morgan fingerprint density at radius 1 is 1.22 bits per heavy atom. The first-order valence-electron chi connectivity index (χ1n) is 6.04. The van der Waals surface area contributed by atoms with Gasteiger partial charge >= 0.3 is 0 Å². The second-order valence-corrected chi connectivity index (χ2v) is 4.96. The highest BCUT2D eigenvalue weighted by molar-refractivity contribution is 5.96. The average Bonchev–Trinajstić information content (AvgIpc) is 2.36. The molecule has 18 heavy (non-hydrogen) atoms. The summed E-state index contributed by atoms with van der Waals surface area (Å²) in [6.07, 6.45) is 0.501. The number of nitrogens with two attached hydrogens (primary N) is 1. The van der Waals surface area contributed by atoms with Crippen molar-refractivity contribution in [2.45, 2.75) is 27.2 Å². The first kappa shape index (κ1) is 14.2. The van der Waals surface area contributed by atoms with Gasteiger partial charge < -0.3 is 11.1 Å². The van der Waals surface area contributed by atoms with Crippen LogP contribution in [0.5, 0.6) is 0 Å². The van der Waals surface area contributed by atoms with E-state index >= 15 is 0 Å². The lowest BCUT2D eigenvalue weighted by Gasteiger charge is -2.21. The van der Waals surface area contributed by atoms with Gasteiger partial charge in [-0.05, 0) is 38.1 Å². The van der Waals surface area contributed by atoms with Crippen molar-refractivity contribution in [2.75, 3.05) is 11.9 Å². The zero-order valence-electron chi connectivity index (χ0n) is 11.1. The lowest BCUT2D eigenvalue weighted by molar-refractivity contribution is -0.125. The molecule has 4 nitrogen and oxygen atoms in total. The van der Waals surface area contributed by atoms with Gasteiger partial charge in [0.2, 0.25) is 5.91 Å². The number of primary amides is 1. The zero-order chi connectivity index (χ0) is 13.8. The van der Waals surface area contributed by atoms with Crippen molar-refractivity contribution in [1.29, 1.82) is 0 Å². The molecule has 0 aromatic heterocycles. The summed E-state index contributed by atoms with van der Waals surface area (Å²) < 4.78 is 0. The molecule has 0 atom stereocenters. The first-order valence-corrected chi connectivity index (χ1v) is 6.04. The minimum atomic E-state index is -0.599. The molecule has 1 aromatic carbocycles. The number of carbonyl (C=O) groups is 2. The van der Waals surface area contributed by atoms with Crippen LogP contribution in [-0.2, 0) is 4.79 Å². The van der Waals surface area contributed by atoms with Crippen LogP contribution in [0.15, 0.2) is 24.3 Å². The lowest BCUT2D eigenvalue weighted by Crippen LogP contribution is -2.37. The standard InChI is InChI=1S/C14H20N2O2/c1-4-12(17)10-5-7-11(8-6-10)16-9-14(2,3)13(15)18/h5-8,16H,4,9H2,1-3H3,(H2,15,18). The van der Waals surface area contributed by atoms with Crippen LogP contribution in [0.2, 0.25) is 0 Å². The van der Waals surface area contributed by atoms with E-state index in [0.29, 0.717) is 18.5 Å². The molecule has 98 valence electrons. The monoisotopic (exact) mass is 248 g/mol. The topological polar surface area (TPSA) is 72.2 Å². The maximum Gasteiger partial charge on any atom is 0.224 e. The molecule has 0 saturated heterocycles. The third-order valence-corrected chi connectivity index (χ3v) is 2.93. The van der Waals surface area contributed by atoms with Crippen molar-refractivity contribution >= 4 is 17.4 Å². The Balaban J connectivity index is 2.65. The molecule has 4 heteroatoms. The highest BCUT2D eigenvalue weighted by Gasteiger charge is 2.24. The smallest absolute Gasteiger partial charge is 0.224 e. The summed E-state index contributed by atoms with van der Waals surface area (Å²) in [6, 6.07) is 7.23. The summed E-state index contributed by atoms with van der Waals surface area (Å²) >= 11 is 0. The van der Waals surface area contributed by atoms with Crippen LogP contribution >= 0.6 is 0 Å². The first-order chi connectivity index (χ1) is 8.36. The summed E-state index contributed by atoms with van der Waals surface area (Å²) in [4.78, 5) is 22.6. The van der Waals surface area contributed by atoms with Gasteiger partial charge in [0.15, 0.2) is 5.78 Å². The molecule has 0 aliphatic rings. The Bertz CT molecular complexity index is 436. The Morgan fingerprint density at radius 2 is 1.78 bits per heavy atom. The largest absolute Gasteiger partial charge is 0.384 e. The molecule has 1 amide bonds. The quantitative estimate of drug-likeness (QED) is 0.758. The van der Waals surface area contributed by atoms with Gasteiger partial charge in [-0.2, -0.15) is 0 Å². The number of nitrogens with one attached hydrogen (secondary N) is 1. The van der Waals surface area contributed by atoms with Gasteiger partial charge in [0.25, 0.3) is 0 Å². The minimum Gasteiger partial charge on any atom is -0.384 e. The SMILES string of the molecule is CCC(=O)c1ccc(NCC(C)(C)C(N)=O)cc1. The summed E-state index contributed by atoms with van der Waals surface area (Å²) in [5, 5.41) is 3.14. The highest BCUT2D eigenvalue weighted by atomic mass is 16.1. The lowest BCUT2D eigenvalue weighted by atomic mass is 9.92. The maximum absolute atomic E-state index is 11.4. The van der Waals surface area contributed by atoms with E-state index in [1.54, 1.807) is 26.0 Å². The highest BCUT2D eigenvalue weighted by Crippen LogP contribution is 2.17. The summed E-state index contributed by atoms with van der Waals surface area (Å²) in [6.45, 7) is 5.88. The Kier molecular flexibility index (Phi) is 4.48. The van der Waals surface area contributed by atoms with Crippen molar-refractivity contribution in [3.05, 3.63) is 29.8 Å². The Labute approximate surface area is 108 Å². The number of Topliss-reactive ketones (excluding diaryl/α,β-unsaturated/α-hetero) is 1. The number of anilines is 1. The van der Waals surface area contributed by atoms with Crippen LogP contribution in [0.3, 0.4) is 0 Å². The second kappa shape index (κ2) is 5.67. The van der Waals surface area contributed by atoms with E-state index in [0.717, 1.165) is 5.69 Å². The van der Waals surface area contributed by atoms with Crippen molar-refractivity contribution in [3.8, 4) is 0 Å². The van der Waals surface area contributed by atoms with E-state index in [2.05, 4.69) is 5.32 Å². The summed E-state index contributed by atoms with van der Waals surface area (Å²) in [5.41, 5.74) is 6.27. The third-order valence-electron chi connectivity index (χ3n) is 2.93. The molecular weight excluding hydrogens is 228 g/mol. The van der Waals surface area contributed by atoms with E-state index in [1.165, 1.54) is 0 Å². The Morgan fingerprint density at radius 3 is 2.22 bits per heavy atom. The van der Waals surface area contributed by atoms with E-state index in [1.807, 2.05) is 19.1 Å². The van der Waals surface area contributed by atoms with Crippen LogP contribution in [-0.4, -0.2) is 18.2 Å². The van der Waals surface area contributed by atoms with Gasteiger partial charge in [-0.1, -0.05) is 6.92 Å². The molecule has 0 spiro atoms. The fourth-order valence-electron chi connectivity index (χ4n) is 1.39. The van der Waals surface area contributed by atoms with Crippen LogP contribution in [0.1, 0.15) is 37.6 Å². The molecule has 0 saturated carbocycles. The van der Waals surface area contributed by atoms with Crippen LogP contribution in [0.25, 0.3) is 0 Å². The normalized spacial score (nSPS) is 11.1. The number of hydrogen-bond acceptors (Lipinski definition) is 3. The van der Waals surface area contributed by atoms with Gasteiger partial charge in [-0.15, -0.1) is 0 Å². The fraction of sp³-hybridized carbons (Fsp3) is 0.429. The maximum atomic E-state index is 11.4. The van der Waals surface area contributed by atoms with Gasteiger partial charge in [-0.3, -0.25) is 9.59 Å². The van der Waals surface area contributed by atoms with E-state index in [9.17, 15) is 9.59 Å². The number of rotatable bonds is 6. The second-order valence-electron chi connectivity index (χ2n) is 4.96. The molecule has 0 heterocycles. The van der Waals surface area contributed by atoms with Crippen LogP contribution < -0.4 is 11.1 Å². The molecular formula is C14H20N2O2. The van der Waals surface area contributed by atoms with Crippen molar-refractivity contribution < 1.29 is 9.59 Å². The molecule has 0 radical (unpaired) electrons. The van der Waals surface area contributed by atoms with Crippen LogP contribution in [0.4, 0.5) is 5.69 Å². The Hall–Kier alpha value is -1.84. The number of amides is 1. The number of benzene rings is 1. The predicted molar refractivity (Wildman–Crippen MR) is 72.5 cm³/mol. The average molecular weight is 248 g/mol.